The van der Waals surface area contributed by atoms with Gasteiger partial charge in [0, 0.05) is 13.2 Å². The summed E-state index contributed by atoms with van der Waals surface area (Å²) < 4.78 is 35.6. The first-order chi connectivity index (χ1) is 5.67. The van der Waals surface area contributed by atoms with E-state index in [9.17, 15) is 4.79 Å². The fourth-order valence-electron chi connectivity index (χ4n) is 0.215. The van der Waals surface area contributed by atoms with Crippen LogP contribution < -0.4 is 0 Å². The molecule has 0 aromatic heterocycles. The van der Waals surface area contributed by atoms with Crippen LogP contribution in [0.4, 0.5) is 0 Å². The highest BCUT2D eigenvalue weighted by molar-refractivity contribution is 5.66. The van der Waals surface area contributed by atoms with Crippen LogP contribution in [0.25, 0.3) is 0 Å². The summed E-state index contributed by atoms with van der Waals surface area (Å²) in [6, 6.07) is 0. The summed E-state index contributed by atoms with van der Waals surface area (Å²) in [5, 5.41) is 8.42. The van der Waals surface area contributed by atoms with Crippen LogP contribution in [-0.4, -0.2) is 11.1 Å². The van der Waals surface area contributed by atoms with Gasteiger partial charge in [-0.15, -0.1) is 0 Å². The molecule has 48 valence electrons. The monoisotopic (exact) mass is 121 g/mol. The Morgan fingerprint density at radius 3 is 2.88 bits per heavy atom. The predicted octanol–water partition coefficient (Wildman–Crippen LogP) is 1.65. The Balaban J connectivity index is 4.90. The molecule has 0 aromatic carbocycles. The third-order valence-electron chi connectivity index (χ3n) is 0.485. The Hall–Kier alpha value is -0.530. The Labute approximate surface area is 56.5 Å². The van der Waals surface area contributed by atoms with Crippen molar-refractivity contribution >= 4 is 5.97 Å². The molecule has 0 aliphatic rings. The van der Waals surface area contributed by atoms with Gasteiger partial charge < -0.3 is 5.11 Å². The molecule has 1 atom stereocenters. The molecule has 2 heteroatoms. The molecule has 0 fully saturated rings. The Morgan fingerprint density at radius 2 is 2.50 bits per heavy atom. The summed E-state index contributed by atoms with van der Waals surface area (Å²) in [6.45, 7) is 1.51. The molecule has 0 bridgehead atoms. The van der Waals surface area contributed by atoms with E-state index in [0.29, 0.717) is 0 Å². The molecule has 0 spiro atoms. The molecule has 8 heavy (non-hydrogen) atoms. The second-order valence-electron chi connectivity index (χ2n) is 1.19. The lowest BCUT2D eigenvalue weighted by Gasteiger charge is -1.89. The van der Waals surface area contributed by atoms with E-state index in [2.05, 4.69) is 0 Å². The van der Waals surface area contributed by atoms with Crippen LogP contribution in [0, 0.1) is 0 Å². The smallest absolute Gasteiger partial charge is 0.303 e. The molecule has 0 amide bonds. The average Bonchev–Trinajstić information content (AvgIpc) is 2.02. The topological polar surface area (TPSA) is 37.3 Å². The van der Waals surface area contributed by atoms with Crippen LogP contribution in [0.3, 0.4) is 0 Å². The van der Waals surface area contributed by atoms with Gasteiger partial charge in [0.05, 0.1) is 0 Å². The van der Waals surface area contributed by atoms with Gasteiger partial charge in [0.1, 0.15) is 0 Å². The molecule has 0 saturated carbocycles. The molecule has 0 radical (unpaired) electrons. The molecule has 0 aromatic rings. The van der Waals surface area contributed by atoms with E-state index in [1.54, 1.807) is 0 Å². The maximum absolute atomic E-state index is 10.4. The van der Waals surface area contributed by atoms with Gasteiger partial charge in [0.2, 0.25) is 0 Å². The van der Waals surface area contributed by atoms with Gasteiger partial charge in [-0.3, -0.25) is 4.79 Å². The van der Waals surface area contributed by atoms with Crippen molar-refractivity contribution in [3.63, 3.8) is 0 Å². The van der Waals surface area contributed by atoms with Gasteiger partial charge in [0.25, 0.3) is 0 Å². The molecule has 1 unspecified atom stereocenters. The zero-order chi connectivity index (χ0) is 10.9. The van der Waals surface area contributed by atoms with Crippen molar-refractivity contribution in [2.45, 2.75) is 32.5 Å². The lowest BCUT2D eigenvalue weighted by molar-refractivity contribution is -0.137. The summed E-state index contributed by atoms with van der Waals surface area (Å²) in [6.07, 6.45) is -7.00. The zero-order valence-electron chi connectivity index (χ0n) is 9.64. The third kappa shape index (κ3) is 5.47. The molecule has 2 nitrogen and oxygen atoms in total. The number of hydrogen-bond acceptors (Lipinski definition) is 1. The molecular weight excluding hydrogens is 104 g/mol. The largest absolute Gasteiger partial charge is 0.481 e. The molecule has 0 aliphatic heterocycles. The van der Waals surface area contributed by atoms with Gasteiger partial charge in [-0.25, -0.2) is 0 Å². The number of hydrogen-bond donors (Lipinski definition) is 1. The highest BCUT2D eigenvalue weighted by atomic mass is 16.4. The van der Waals surface area contributed by atoms with Gasteiger partial charge in [0.15, 0.2) is 0 Å². The van der Waals surface area contributed by atoms with E-state index < -0.39 is 25.1 Å². The first kappa shape index (κ1) is 2.38. The van der Waals surface area contributed by atoms with Crippen LogP contribution in [0.1, 0.15) is 39.3 Å². The molecular formula is C6H12O2. The minimum absolute atomic E-state index is 0.0692. The third-order valence-corrected chi connectivity index (χ3v) is 0.485. The SMILES string of the molecule is [2H]C(CC)C([2H])([2H])C([2H])([2H])C(=O)O. The quantitative estimate of drug-likeness (QED) is 0.614. The normalized spacial score (nSPS) is 25.9. The molecule has 0 saturated heterocycles. The summed E-state index contributed by atoms with van der Waals surface area (Å²) in [4.78, 5) is 10.4. The van der Waals surface area contributed by atoms with Crippen molar-refractivity contribution in [1.82, 2.24) is 0 Å². The summed E-state index contributed by atoms with van der Waals surface area (Å²) in [5.74, 6) is -1.87. The van der Waals surface area contributed by atoms with E-state index in [1.807, 2.05) is 0 Å². The summed E-state index contributed by atoms with van der Waals surface area (Å²) >= 11 is 0. The first-order valence-electron chi connectivity index (χ1n) is 4.91. The van der Waals surface area contributed by atoms with Crippen LogP contribution in [0.2, 0.25) is 0 Å². The lowest BCUT2D eigenvalue weighted by atomic mass is 10.2. The van der Waals surface area contributed by atoms with Crippen molar-refractivity contribution in [1.29, 1.82) is 0 Å². The molecule has 0 rings (SSSR count). The Kier molecular flexibility index (Phi) is 1.37. The number of carbonyl (C=O) groups is 1. The molecule has 0 heterocycles. The number of aliphatic carboxylic acids is 1. The van der Waals surface area contributed by atoms with Crippen molar-refractivity contribution in [3.05, 3.63) is 0 Å². The van der Waals surface area contributed by atoms with E-state index >= 15 is 0 Å². The second kappa shape index (κ2) is 4.62. The summed E-state index contributed by atoms with van der Waals surface area (Å²) in [7, 11) is 0. The van der Waals surface area contributed by atoms with Crippen molar-refractivity contribution in [2.24, 2.45) is 0 Å². The van der Waals surface area contributed by atoms with Crippen LogP contribution in [0.15, 0.2) is 0 Å². The fraction of sp³-hybridized carbons (Fsp3) is 0.833. The molecule has 1 N–H and O–H groups in total. The highest BCUT2D eigenvalue weighted by Gasteiger charge is 1.92. The number of carboxylic acids is 1. The fourth-order valence-corrected chi connectivity index (χ4v) is 0.215. The minimum atomic E-state index is -3.02. The molecule has 0 aliphatic carbocycles. The van der Waals surface area contributed by atoms with E-state index in [4.69, 9.17) is 12.0 Å². The minimum Gasteiger partial charge on any atom is -0.481 e. The van der Waals surface area contributed by atoms with E-state index in [1.165, 1.54) is 6.92 Å². The van der Waals surface area contributed by atoms with Gasteiger partial charge in [-0.2, -0.15) is 0 Å². The highest BCUT2D eigenvalue weighted by Crippen LogP contribution is 1.97. The average molecular weight is 121 g/mol. The Morgan fingerprint density at radius 1 is 1.88 bits per heavy atom. The zero-order valence-corrected chi connectivity index (χ0v) is 4.64. The van der Waals surface area contributed by atoms with Gasteiger partial charge >= 0.3 is 5.97 Å². The summed E-state index contributed by atoms with van der Waals surface area (Å²) in [5.41, 5.74) is 0. The lowest BCUT2D eigenvalue weighted by Crippen LogP contribution is -1.92. The van der Waals surface area contributed by atoms with Crippen molar-refractivity contribution < 1.29 is 16.8 Å². The number of rotatable bonds is 4. The van der Waals surface area contributed by atoms with E-state index in [-0.39, 0.29) is 6.42 Å². The van der Waals surface area contributed by atoms with Crippen LogP contribution in [-0.2, 0) is 4.79 Å². The van der Waals surface area contributed by atoms with Gasteiger partial charge in [-0.1, -0.05) is 19.7 Å². The van der Waals surface area contributed by atoms with Crippen LogP contribution >= 0.6 is 0 Å². The van der Waals surface area contributed by atoms with Crippen molar-refractivity contribution in [3.8, 4) is 0 Å². The maximum Gasteiger partial charge on any atom is 0.303 e. The van der Waals surface area contributed by atoms with Gasteiger partial charge in [-0.05, 0) is 6.37 Å². The number of carboxylic acid groups (broad SMARTS) is 1. The maximum atomic E-state index is 10.4. The van der Waals surface area contributed by atoms with Crippen LogP contribution in [0.5, 0.6) is 0 Å². The first-order valence-corrected chi connectivity index (χ1v) is 2.33. The van der Waals surface area contributed by atoms with E-state index in [0.717, 1.165) is 0 Å². The van der Waals surface area contributed by atoms with Crippen molar-refractivity contribution in [2.75, 3.05) is 0 Å². The second-order valence-corrected chi connectivity index (χ2v) is 1.19. The standard InChI is InChI=1S/C6H12O2/c1-2-3-4-5-6(7)8/h2-5H2,1H3,(H,7,8)/i3D,4D2,5D2. The predicted molar refractivity (Wildman–Crippen MR) is 31.8 cm³/mol. The Bertz CT molecular complexity index is 203.